The standard InChI is InChI=1S/C12H17F3N4O/c1-2-16-11-18-9(12(13,14)15)6-10(19-11)17-8-4-3-5-20-7-8/h6,8H,2-5,7H2,1H3,(H2,16,17,18,19). The highest BCUT2D eigenvalue weighted by Gasteiger charge is 2.34. The number of ether oxygens (including phenoxy) is 1. The van der Waals surface area contributed by atoms with Gasteiger partial charge < -0.3 is 15.4 Å². The van der Waals surface area contributed by atoms with E-state index in [4.69, 9.17) is 4.74 Å². The molecule has 0 bridgehead atoms. The van der Waals surface area contributed by atoms with Crippen molar-refractivity contribution in [3.05, 3.63) is 11.8 Å². The van der Waals surface area contributed by atoms with Crippen LogP contribution >= 0.6 is 0 Å². The van der Waals surface area contributed by atoms with Crippen LogP contribution in [0.1, 0.15) is 25.5 Å². The number of halogens is 3. The average molecular weight is 290 g/mol. The highest BCUT2D eigenvalue weighted by Crippen LogP contribution is 2.30. The molecule has 5 nitrogen and oxygen atoms in total. The van der Waals surface area contributed by atoms with E-state index in [9.17, 15) is 13.2 Å². The number of rotatable bonds is 4. The first-order valence-electron chi connectivity index (χ1n) is 6.53. The summed E-state index contributed by atoms with van der Waals surface area (Å²) in [4.78, 5) is 7.51. The van der Waals surface area contributed by atoms with Crippen molar-refractivity contribution in [1.29, 1.82) is 0 Å². The largest absolute Gasteiger partial charge is 0.433 e. The van der Waals surface area contributed by atoms with Gasteiger partial charge in [-0.3, -0.25) is 0 Å². The Morgan fingerprint density at radius 1 is 1.40 bits per heavy atom. The van der Waals surface area contributed by atoms with Crippen LogP contribution in [0, 0.1) is 0 Å². The molecule has 1 unspecified atom stereocenters. The minimum Gasteiger partial charge on any atom is -0.379 e. The predicted molar refractivity (Wildman–Crippen MR) is 68.7 cm³/mol. The summed E-state index contributed by atoms with van der Waals surface area (Å²) in [6, 6.07) is 0.907. The first-order chi connectivity index (χ1) is 9.49. The van der Waals surface area contributed by atoms with E-state index in [0.29, 0.717) is 19.8 Å². The zero-order valence-corrected chi connectivity index (χ0v) is 11.1. The fourth-order valence-electron chi connectivity index (χ4n) is 1.97. The third-order valence-corrected chi connectivity index (χ3v) is 2.86. The molecule has 112 valence electrons. The van der Waals surface area contributed by atoms with Crippen LogP contribution < -0.4 is 10.6 Å². The molecular formula is C12H17F3N4O. The molecule has 0 saturated carbocycles. The van der Waals surface area contributed by atoms with Gasteiger partial charge in [-0.2, -0.15) is 18.2 Å². The number of hydrogen-bond donors (Lipinski definition) is 2. The molecule has 0 aromatic carbocycles. The van der Waals surface area contributed by atoms with Crippen molar-refractivity contribution in [2.45, 2.75) is 32.0 Å². The van der Waals surface area contributed by atoms with Gasteiger partial charge in [-0.25, -0.2) is 4.98 Å². The van der Waals surface area contributed by atoms with Gasteiger partial charge in [0.25, 0.3) is 0 Å². The second kappa shape index (κ2) is 6.25. The topological polar surface area (TPSA) is 59.1 Å². The van der Waals surface area contributed by atoms with E-state index < -0.39 is 11.9 Å². The van der Waals surface area contributed by atoms with Crippen molar-refractivity contribution in [3.63, 3.8) is 0 Å². The zero-order chi connectivity index (χ0) is 14.6. The Labute approximate surface area is 114 Å². The van der Waals surface area contributed by atoms with Crippen LogP contribution in [0.4, 0.5) is 24.9 Å². The lowest BCUT2D eigenvalue weighted by molar-refractivity contribution is -0.141. The van der Waals surface area contributed by atoms with E-state index in [-0.39, 0.29) is 17.8 Å². The molecule has 2 N–H and O–H groups in total. The van der Waals surface area contributed by atoms with Crippen molar-refractivity contribution in [1.82, 2.24) is 9.97 Å². The SMILES string of the molecule is CCNc1nc(NC2CCCOC2)cc(C(F)(F)F)n1. The molecule has 1 aliphatic heterocycles. The molecule has 1 aliphatic rings. The van der Waals surface area contributed by atoms with Gasteiger partial charge in [-0.15, -0.1) is 0 Å². The Bertz CT molecular complexity index is 447. The quantitative estimate of drug-likeness (QED) is 0.892. The number of nitrogens with zero attached hydrogens (tertiary/aromatic N) is 2. The van der Waals surface area contributed by atoms with Gasteiger partial charge in [0.2, 0.25) is 5.95 Å². The van der Waals surface area contributed by atoms with Crippen LogP contribution in [-0.2, 0) is 10.9 Å². The maximum atomic E-state index is 12.8. The van der Waals surface area contributed by atoms with Gasteiger partial charge in [0.1, 0.15) is 5.82 Å². The molecule has 8 heteroatoms. The van der Waals surface area contributed by atoms with Crippen LogP contribution in [0.15, 0.2) is 6.07 Å². The molecule has 0 spiro atoms. The summed E-state index contributed by atoms with van der Waals surface area (Å²) in [5.41, 5.74) is -0.956. The van der Waals surface area contributed by atoms with Crippen LogP contribution in [0.3, 0.4) is 0 Å². The summed E-state index contributed by atoms with van der Waals surface area (Å²) in [6.45, 7) is 3.39. The van der Waals surface area contributed by atoms with Gasteiger partial charge in [0.05, 0.1) is 12.6 Å². The Hall–Kier alpha value is -1.57. The number of aromatic nitrogens is 2. The zero-order valence-electron chi connectivity index (χ0n) is 11.1. The predicted octanol–water partition coefficient (Wildman–Crippen LogP) is 2.52. The fourth-order valence-corrected chi connectivity index (χ4v) is 1.97. The molecule has 0 amide bonds. The maximum absolute atomic E-state index is 12.8. The molecule has 1 aromatic heterocycles. The lowest BCUT2D eigenvalue weighted by Gasteiger charge is -2.24. The van der Waals surface area contributed by atoms with E-state index >= 15 is 0 Å². The first-order valence-corrected chi connectivity index (χ1v) is 6.53. The Balaban J connectivity index is 2.19. The van der Waals surface area contributed by atoms with Gasteiger partial charge in [-0.1, -0.05) is 0 Å². The third-order valence-electron chi connectivity index (χ3n) is 2.86. The summed E-state index contributed by atoms with van der Waals surface area (Å²) < 4.78 is 43.7. The molecule has 1 atom stereocenters. The van der Waals surface area contributed by atoms with E-state index in [1.54, 1.807) is 6.92 Å². The van der Waals surface area contributed by atoms with Gasteiger partial charge in [0, 0.05) is 19.2 Å². The summed E-state index contributed by atoms with van der Waals surface area (Å²) in [7, 11) is 0. The van der Waals surface area contributed by atoms with Crippen molar-refractivity contribution in [2.24, 2.45) is 0 Å². The van der Waals surface area contributed by atoms with Crippen molar-refractivity contribution >= 4 is 11.8 Å². The fraction of sp³-hybridized carbons (Fsp3) is 0.667. The highest BCUT2D eigenvalue weighted by atomic mass is 19.4. The summed E-state index contributed by atoms with van der Waals surface area (Å²) in [5, 5.41) is 5.68. The molecule has 20 heavy (non-hydrogen) atoms. The molecule has 0 aliphatic carbocycles. The number of anilines is 2. The van der Waals surface area contributed by atoms with Gasteiger partial charge in [-0.05, 0) is 19.8 Å². The van der Waals surface area contributed by atoms with Crippen molar-refractivity contribution in [2.75, 3.05) is 30.4 Å². The molecule has 0 radical (unpaired) electrons. The van der Waals surface area contributed by atoms with Crippen LogP contribution in [0.5, 0.6) is 0 Å². The lowest BCUT2D eigenvalue weighted by atomic mass is 10.1. The maximum Gasteiger partial charge on any atom is 0.433 e. The van der Waals surface area contributed by atoms with Crippen LogP contribution in [-0.4, -0.2) is 35.8 Å². The molecule has 1 fully saturated rings. The highest BCUT2D eigenvalue weighted by molar-refractivity contribution is 5.43. The molecular weight excluding hydrogens is 273 g/mol. The van der Waals surface area contributed by atoms with E-state index in [1.807, 2.05) is 0 Å². The Kier molecular flexibility index (Phi) is 4.64. The van der Waals surface area contributed by atoms with Gasteiger partial charge >= 0.3 is 6.18 Å². The summed E-state index contributed by atoms with van der Waals surface area (Å²) in [6.07, 6.45) is -2.76. The van der Waals surface area contributed by atoms with E-state index in [0.717, 1.165) is 18.9 Å². The van der Waals surface area contributed by atoms with Crippen LogP contribution in [0.25, 0.3) is 0 Å². The summed E-state index contributed by atoms with van der Waals surface area (Å²) >= 11 is 0. The monoisotopic (exact) mass is 290 g/mol. The first kappa shape index (κ1) is 14.8. The van der Waals surface area contributed by atoms with Crippen molar-refractivity contribution in [3.8, 4) is 0 Å². The third kappa shape index (κ3) is 3.96. The minimum atomic E-state index is -4.49. The second-order valence-electron chi connectivity index (χ2n) is 4.55. The number of alkyl halides is 3. The number of nitrogens with one attached hydrogen (secondary N) is 2. The van der Waals surface area contributed by atoms with E-state index in [2.05, 4.69) is 20.6 Å². The average Bonchev–Trinajstić information content (AvgIpc) is 2.39. The van der Waals surface area contributed by atoms with Crippen LogP contribution in [0.2, 0.25) is 0 Å². The lowest BCUT2D eigenvalue weighted by Crippen LogP contribution is -2.30. The smallest absolute Gasteiger partial charge is 0.379 e. The Morgan fingerprint density at radius 2 is 2.20 bits per heavy atom. The molecule has 1 aromatic rings. The number of hydrogen-bond acceptors (Lipinski definition) is 5. The van der Waals surface area contributed by atoms with Crippen molar-refractivity contribution < 1.29 is 17.9 Å². The molecule has 2 heterocycles. The molecule has 1 saturated heterocycles. The Morgan fingerprint density at radius 3 is 2.80 bits per heavy atom. The molecule has 2 rings (SSSR count). The minimum absolute atomic E-state index is 0.0192. The summed E-state index contributed by atoms with van der Waals surface area (Å²) in [5.74, 6) is 0.139. The van der Waals surface area contributed by atoms with E-state index in [1.165, 1.54) is 0 Å². The normalized spacial score (nSPS) is 19.7. The van der Waals surface area contributed by atoms with Gasteiger partial charge in [0.15, 0.2) is 5.69 Å². The second-order valence-corrected chi connectivity index (χ2v) is 4.55.